The number of nitrogens with one attached hydrogen (secondary N) is 1. The van der Waals surface area contributed by atoms with E-state index in [1.165, 1.54) is 16.2 Å². The number of nitrogens with zero attached hydrogens (tertiary/aromatic N) is 3. The van der Waals surface area contributed by atoms with E-state index in [1.807, 2.05) is 0 Å². The number of hydrogen-bond donors (Lipinski definition) is 1. The lowest BCUT2D eigenvalue weighted by molar-refractivity contribution is 0.0827. The Hall–Kier alpha value is -3.00. The smallest absolute Gasteiger partial charge is 0.266 e. The maximum atomic E-state index is 13.1. The van der Waals surface area contributed by atoms with Crippen molar-refractivity contribution in [1.82, 2.24) is 14.5 Å². The molecule has 8 heteroatoms. The number of benzene rings is 1. The Morgan fingerprint density at radius 1 is 1.20 bits per heavy atom. The Balaban J connectivity index is 1.69. The van der Waals surface area contributed by atoms with E-state index in [0.717, 1.165) is 31.5 Å². The van der Waals surface area contributed by atoms with Crippen molar-refractivity contribution in [2.45, 2.75) is 39.2 Å². The van der Waals surface area contributed by atoms with Gasteiger partial charge in [0.05, 0.1) is 10.3 Å². The normalized spacial score (nSPS) is 13.6. The van der Waals surface area contributed by atoms with Gasteiger partial charge >= 0.3 is 0 Å². The highest BCUT2D eigenvalue weighted by Gasteiger charge is 2.22. The number of fused-ring (bicyclic) bond motifs is 2. The van der Waals surface area contributed by atoms with Gasteiger partial charge in [-0.2, -0.15) is 0 Å². The first-order valence-corrected chi connectivity index (χ1v) is 10.8. The molecule has 3 aromatic rings. The molecule has 0 fully saturated rings. The lowest BCUT2D eigenvalue weighted by atomic mass is 10.1. The van der Waals surface area contributed by atoms with Crippen LogP contribution in [0, 0.1) is 6.92 Å². The van der Waals surface area contributed by atoms with Gasteiger partial charge in [0.2, 0.25) is 0 Å². The Kier molecular flexibility index (Phi) is 5.42. The molecule has 1 aliphatic rings. The van der Waals surface area contributed by atoms with Gasteiger partial charge in [-0.05, 0) is 43.5 Å². The van der Waals surface area contributed by atoms with Crippen molar-refractivity contribution in [1.29, 1.82) is 0 Å². The summed E-state index contributed by atoms with van der Waals surface area (Å²) in [4.78, 5) is 45.5. The first-order chi connectivity index (χ1) is 14.4. The maximum Gasteiger partial charge on any atom is 0.266 e. The minimum absolute atomic E-state index is 0.0525. The van der Waals surface area contributed by atoms with Gasteiger partial charge in [-0.25, -0.2) is 4.98 Å². The largest absolute Gasteiger partial charge is 0.345 e. The summed E-state index contributed by atoms with van der Waals surface area (Å²) < 4.78 is 1.77. The van der Waals surface area contributed by atoms with Crippen LogP contribution >= 0.6 is 11.3 Å². The van der Waals surface area contributed by atoms with E-state index < -0.39 is 0 Å². The summed E-state index contributed by atoms with van der Waals surface area (Å²) >= 11 is 1.25. The Morgan fingerprint density at radius 3 is 2.77 bits per heavy atom. The molecule has 0 atom stereocenters. The zero-order valence-electron chi connectivity index (χ0n) is 17.3. The summed E-state index contributed by atoms with van der Waals surface area (Å²) in [6, 6.07) is 6.83. The third kappa shape index (κ3) is 3.63. The van der Waals surface area contributed by atoms with Crippen LogP contribution < -0.4 is 10.9 Å². The van der Waals surface area contributed by atoms with Gasteiger partial charge in [0.25, 0.3) is 17.4 Å². The van der Waals surface area contributed by atoms with Gasteiger partial charge in [0.1, 0.15) is 10.7 Å². The van der Waals surface area contributed by atoms with E-state index in [4.69, 9.17) is 4.98 Å². The van der Waals surface area contributed by atoms with Crippen molar-refractivity contribution in [3.8, 4) is 0 Å². The highest BCUT2D eigenvalue weighted by molar-refractivity contribution is 7.20. The number of amides is 2. The number of aryl methyl sites for hydroxylation is 2. The van der Waals surface area contributed by atoms with E-state index in [2.05, 4.69) is 5.32 Å². The summed E-state index contributed by atoms with van der Waals surface area (Å²) in [5, 5.41) is 3.39. The lowest BCUT2D eigenvalue weighted by Crippen LogP contribution is -2.24. The average Bonchev–Trinajstić information content (AvgIpc) is 2.88. The number of rotatable bonds is 3. The molecule has 1 aliphatic heterocycles. The predicted octanol–water partition coefficient (Wildman–Crippen LogP) is 3.45. The maximum absolute atomic E-state index is 13.1. The number of carbonyl (C=O) groups is 2. The SMILES string of the molecule is Cc1c(C(=O)Nc2cccc(C(=O)N(C)C)c2)sc2nc3n(c(=O)c12)CCCCC3. The number of hydrogen-bond acceptors (Lipinski definition) is 5. The highest BCUT2D eigenvalue weighted by Crippen LogP contribution is 2.29. The van der Waals surface area contributed by atoms with E-state index in [0.29, 0.717) is 38.5 Å². The fourth-order valence-corrected chi connectivity index (χ4v) is 4.89. The summed E-state index contributed by atoms with van der Waals surface area (Å²) in [5.74, 6) is 0.375. The van der Waals surface area contributed by atoms with E-state index in [9.17, 15) is 14.4 Å². The van der Waals surface area contributed by atoms with Crippen LogP contribution in [0.3, 0.4) is 0 Å². The number of anilines is 1. The van der Waals surface area contributed by atoms with Crippen LogP contribution in [-0.4, -0.2) is 40.4 Å². The Labute approximate surface area is 178 Å². The van der Waals surface area contributed by atoms with E-state index >= 15 is 0 Å². The molecule has 2 aromatic heterocycles. The third-order valence-electron chi connectivity index (χ3n) is 5.39. The van der Waals surface area contributed by atoms with Gasteiger partial charge in [-0.3, -0.25) is 19.0 Å². The van der Waals surface area contributed by atoms with Gasteiger partial charge in [-0.15, -0.1) is 11.3 Å². The second-order valence-electron chi connectivity index (χ2n) is 7.77. The monoisotopic (exact) mass is 424 g/mol. The molecule has 0 bridgehead atoms. The van der Waals surface area contributed by atoms with Crippen molar-refractivity contribution < 1.29 is 9.59 Å². The van der Waals surface area contributed by atoms with Crippen LogP contribution in [0.25, 0.3) is 10.2 Å². The first-order valence-electron chi connectivity index (χ1n) is 10.0. The molecule has 7 nitrogen and oxygen atoms in total. The zero-order chi connectivity index (χ0) is 21.4. The second-order valence-corrected chi connectivity index (χ2v) is 8.77. The molecule has 1 aromatic carbocycles. The molecule has 0 radical (unpaired) electrons. The van der Waals surface area contributed by atoms with Crippen LogP contribution in [0.4, 0.5) is 5.69 Å². The van der Waals surface area contributed by atoms with Crippen LogP contribution in [0.15, 0.2) is 29.1 Å². The summed E-state index contributed by atoms with van der Waals surface area (Å²) in [6.07, 6.45) is 3.88. The molecule has 0 unspecified atom stereocenters. The minimum Gasteiger partial charge on any atom is -0.345 e. The second kappa shape index (κ2) is 8.02. The van der Waals surface area contributed by atoms with Crippen LogP contribution in [0.1, 0.15) is 50.7 Å². The van der Waals surface area contributed by atoms with Crippen LogP contribution in [-0.2, 0) is 13.0 Å². The summed E-state index contributed by atoms with van der Waals surface area (Å²) in [5.41, 5.74) is 1.63. The van der Waals surface area contributed by atoms with Gasteiger partial charge in [0.15, 0.2) is 0 Å². The van der Waals surface area contributed by atoms with Gasteiger partial charge in [0, 0.05) is 38.3 Å². The van der Waals surface area contributed by atoms with E-state index in [-0.39, 0.29) is 17.4 Å². The molecule has 30 heavy (non-hydrogen) atoms. The third-order valence-corrected chi connectivity index (χ3v) is 6.58. The van der Waals surface area contributed by atoms with Crippen molar-refractivity contribution in [2.75, 3.05) is 19.4 Å². The molecular weight excluding hydrogens is 400 g/mol. The molecule has 0 saturated heterocycles. The molecule has 0 aliphatic carbocycles. The summed E-state index contributed by atoms with van der Waals surface area (Å²) in [6.45, 7) is 2.48. The highest BCUT2D eigenvalue weighted by atomic mass is 32.1. The summed E-state index contributed by atoms with van der Waals surface area (Å²) in [7, 11) is 3.36. The molecule has 0 spiro atoms. The molecule has 2 amide bonds. The number of aromatic nitrogens is 2. The van der Waals surface area contributed by atoms with E-state index in [1.54, 1.807) is 49.9 Å². The van der Waals surface area contributed by atoms with Crippen LogP contribution in [0.2, 0.25) is 0 Å². The lowest BCUT2D eigenvalue weighted by Gasteiger charge is -2.11. The van der Waals surface area contributed by atoms with Gasteiger partial charge in [-0.1, -0.05) is 12.5 Å². The molecular formula is C22H24N4O3S. The fraction of sp³-hybridized carbons (Fsp3) is 0.364. The quantitative estimate of drug-likeness (QED) is 0.698. The predicted molar refractivity (Wildman–Crippen MR) is 119 cm³/mol. The van der Waals surface area contributed by atoms with Crippen LogP contribution in [0.5, 0.6) is 0 Å². The number of thiophene rings is 1. The fourth-order valence-electron chi connectivity index (χ4n) is 3.80. The zero-order valence-corrected chi connectivity index (χ0v) is 18.1. The first kappa shape index (κ1) is 20.3. The van der Waals surface area contributed by atoms with Crippen molar-refractivity contribution in [2.24, 2.45) is 0 Å². The molecule has 156 valence electrons. The van der Waals surface area contributed by atoms with Crippen molar-refractivity contribution >= 4 is 39.1 Å². The topological polar surface area (TPSA) is 84.3 Å². The molecule has 0 saturated carbocycles. The Morgan fingerprint density at radius 2 is 2.00 bits per heavy atom. The van der Waals surface area contributed by atoms with Gasteiger partial charge < -0.3 is 10.2 Å². The standard InChI is InChI=1S/C22H24N4O3S/c1-13-17-20(24-16-10-5-4-6-11-26(16)22(17)29)30-18(13)19(27)23-15-9-7-8-14(12-15)21(28)25(2)3/h7-9,12H,4-6,10-11H2,1-3H3,(H,23,27). The average molecular weight is 425 g/mol. The Bertz CT molecular complexity index is 1210. The molecule has 4 rings (SSSR count). The van der Waals surface area contributed by atoms with Crippen molar-refractivity contribution in [3.05, 3.63) is 56.4 Å². The minimum atomic E-state index is -0.301. The van der Waals surface area contributed by atoms with Crippen molar-refractivity contribution in [3.63, 3.8) is 0 Å². The molecule has 3 heterocycles. The molecule has 1 N–H and O–H groups in total. The number of carbonyl (C=O) groups excluding carboxylic acids is 2.